The zero-order valence-electron chi connectivity index (χ0n) is 9.88. The number of carbonyl (C=O) groups excluding carboxylic acids is 1. The Morgan fingerprint density at radius 1 is 1.59 bits per heavy atom. The summed E-state index contributed by atoms with van der Waals surface area (Å²) in [4.78, 5) is 16.1. The van der Waals surface area contributed by atoms with E-state index in [-0.39, 0.29) is 11.9 Å². The summed E-state index contributed by atoms with van der Waals surface area (Å²) in [5.74, 6) is -0.182. The summed E-state index contributed by atoms with van der Waals surface area (Å²) in [7, 11) is 1.60. The SMILES string of the molecule is COC[C@H](C)NC(=O)c1cn2ccccc2n1. The lowest BCUT2D eigenvalue weighted by molar-refractivity contribution is 0.0901. The Labute approximate surface area is 99.4 Å². The molecule has 1 N–H and O–H groups in total. The molecule has 0 aliphatic carbocycles. The zero-order valence-corrected chi connectivity index (χ0v) is 9.88. The van der Waals surface area contributed by atoms with Gasteiger partial charge in [0.25, 0.3) is 5.91 Å². The Kier molecular flexibility index (Phi) is 3.39. The second kappa shape index (κ2) is 4.97. The second-order valence-electron chi connectivity index (χ2n) is 3.92. The lowest BCUT2D eigenvalue weighted by atomic mass is 10.3. The van der Waals surface area contributed by atoms with Crippen molar-refractivity contribution in [3.05, 3.63) is 36.3 Å². The van der Waals surface area contributed by atoms with Crippen molar-refractivity contribution in [2.24, 2.45) is 0 Å². The number of hydrogen-bond acceptors (Lipinski definition) is 3. The molecule has 0 aliphatic heterocycles. The van der Waals surface area contributed by atoms with Crippen molar-refractivity contribution >= 4 is 11.6 Å². The molecule has 0 aliphatic rings. The zero-order chi connectivity index (χ0) is 12.3. The van der Waals surface area contributed by atoms with Crippen LogP contribution in [-0.2, 0) is 4.74 Å². The third kappa shape index (κ3) is 2.62. The number of methoxy groups -OCH3 is 1. The highest BCUT2D eigenvalue weighted by molar-refractivity contribution is 5.93. The van der Waals surface area contributed by atoms with E-state index in [9.17, 15) is 4.79 Å². The lowest BCUT2D eigenvalue weighted by Gasteiger charge is -2.10. The molecule has 0 saturated carbocycles. The van der Waals surface area contributed by atoms with Crippen molar-refractivity contribution in [3.8, 4) is 0 Å². The number of ether oxygens (including phenoxy) is 1. The van der Waals surface area contributed by atoms with Crippen molar-refractivity contribution in [3.63, 3.8) is 0 Å². The molecule has 2 aromatic rings. The minimum Gasteiger partial charge on any atom is -0.383 e. The molecule has 2 rings (SSSR count). The van der Waals surface area contributed by atoms with Gasteiger partial charge in [-0.2, -0.15) is 0 Å². The fourth-order valence-corrected chi connectivity index (χ4v) is 1.63. The van der Waals surface area contributed by atoms with Gasteiger partial charge >= 0.3 is 0 Å². The van der Waals surface area contributed by atoms with Crippen molar-refractivity contribution < 1.29 is 9.53 Å². The van der Waals surface area contributed by atoms with Crippen LogP contribution >= 0.6 is 0 Å². The van der Waals surface area contributed by atoms with Crippen LogP contribution in [0.1, 0.15) is 17.4 Å². The molecule has 2 aromatic heterocycles. The second-order valence-corrected chi connectivity index (χ2v) is 3.92. The highest BCUT2D eigenvalue weighted by Crippen LogP contribution is 2.04. The molecule has 0 spiro atoms. The molecule has 0 radical (unpaired) electrons. The van der Waals surface area contributed by atoms with Gasteiger partial charge in [-0.05, 0) is 19.1 Å². The number of nitrogens with zero attached hydrogens (tertiary/aromatic N) is 2. The van der Waals surface area contributed by atoms with E-state index in [0.717, 1.165) is 5.65 Å². The number of imidazole rings is 1. The van der Waals surface area contributed by atoms with E-state index in [1.807, 2.05) is 35.7 Å². The lowest BCUT2D eigenvalue weighted by Crippen LogP contribution is -2.35. The van der Waals surface area contributed by atoms with Gasteiger partial charge in [0.1, 0.15) is 11.3 Å². The van der Waals surface area contributed by atoms with Gasteiger partial charge in [0, 0.05) is 25.5 Å². The minimum absolute atomic E-state index is 0.0303. The van der Waals surface area contributed by atoms with Crippen LogP contribution in [0.4, 0.5) is 0 Å². The van der Waals surface area contributed by atoms with E-state index >= 15 is 0 Å². The van der Waals surface area contributed by atoms with Crippen LogP contribution in [0.2, 0.25) is 0 Å². The van der Waals surface area contributed by atoms with Gasteiger partial charge in [0.15, 0.2) is 0 Å². The van der Waals surface area contributed by atoms with E-state index in [0.29, 0.717) is 12.3 Å². The summed E-state index contributed by atoms with van der Waals surface area (Å²) in [5.41, 5.74) is 1.18. The summed E-state index contributed by atoms with van der Waals surface area (Å²) in [6.45, 7) is 2.37. The monoisotopic (exact) mass is 233 g/mol. The molecule has 0 saturated heterocycles. The highest BCUT2D eigenvalue weighted by Gasteiger charge is 2.12. The minimum atomic E-state index is -0.182. The molecule has 1 atom stereocenters. The van der Waals surface area contributed by atoms with Crippen LogP contribution < -0.4 is 5.32 Å². The Balaban J connectivity index is 2.13. The molecule has 5 heteroatoms. The maximum atomic E-state index is 11.9. The standard InChI is InChI=1S/C12H15N3O2/c1-9(8-17-2)13-12(16)10-7-15-6-4-3-5-11(15)14-10/h3-7,9H,8H2,1-2H3,(H,13,16)/t9-/m0/s1. The first-order valence-corrected chi connectivity index (χ1v) is 5.44. The predicted octanol–water partition coefficient (Wildman–Crippen LogP) is 1.10. The molecule has 1 amide bonds. The first-order chi connectivity index (χ1) is 8.20. The van der Waals surface area contributed by atoms with Gasteiger partial charge < -0.3 is 14.5 Å². The number of nitrogens with one attached hydrogen (secondary N) is 1. The summed E-state index contributed by atoms with van der Waals surface area (Å²) in [5, 5.41) is 2.82. The number of fused-ring (bicyclic) bond motifs is 1. The Bertz CT molecular complexity index is 488. The smallest absolute Gasteiger partial charge is 0.271 e. The topological polar surface area (TPSA) is 55.6 Å². The van der Waals surface area contributed by atoms with E-state index in [4.69, 9.17) is 4.74 Å². The summed E-state index contributed by atoms with van der Waals surface area (Å²) < 4.78 is 6.77. The normalized spacial score (nSPS) is 12.6. The molecule has 17 heavy (non-hydrogen) atoms. The fourth-order valence-electron chi connectivity index (χ4n) is 1.63. The quantitative estimate of drug-likeness (QED) is 0.860. The molecule has 5 nitrogen and oxygen atoms in total. The average Bonchev–Trinajstić information content (AvgIpc) is 2.72. The summed E-state index contributed by atoms with van der Waals surface area (Å²) in [6.07, 6.45) is 3.57. The van der Waals surface area contributed by atoms with Gasteiger partial charge in [-0.25, -0.2) is 4.98 Å². The van der Waals surface area contributed by atoms with E-state index in [1.54, 1.807) is 13.3 Å². The molecular weight excluding hydrogens is 218 g/mol. The van der Waals surface area contributed by atoms with Crippen molar-refractivity contribution in [1.82, 2.24) is 14.7 Å². The first kappa shape index (κ1) is 11.6. The number of amides is 1. The van der Waals surface area contributed by atoms with Crippen LogP contribution in [0.3, 0.4) is 0 Å². The van der Waals surface area contributed by atoms with Gasteiger partial charge in [-0.3, -0.25) is 4.79 Å². The molecule has 0 fully saturated rings. The third-order valence-corrected chi connectivity index (χ3v) is 2.39. The van der Waals surface area contributed by atoms with Gasteiger partial charge in [0.2, 0.25) is 0 Å². The molecular formula is C12H15N3O2. The molecule has 2 heterocycles. The highest BCUT2D eigenvalue weighted by atomic mass is 16.5. The summed E-state index contributed by atoms with van der Waals surface area (Å²) in [6, 6.07) is 5.61. The van der Waals surface area contributed by atoms with E-state index in [1.165, 1.54) is 0 Å². The molecule has 0 unspecified atom stereocenters. The van der Waals surface area contributed by atoms with Gasteiger partial charge in [0.05, 0.1) is 6.61 Å². The Morgan fingerprint density at radius 2 is 2.41 bits per heavy atom. The number of hydrogen-bond donors (Lipinski definition) is 1. The maximum Gasteiger partial charge on any atom is 0.271 e. The van der Waals surface area contributed by atoms with E-state index < -0.39 is 0 Å². The number of carbonyl (C=O) groups is 1. The summed E-state index contributed by atoms with van der Waals surface area (Å²) >= 11 is 0. The predicted molar refractivity (Wildman–Crippen MR) is 64.0 cm³/mol. The van der Waals surface area contributed by atoms with Crippen molar-refractivity contribution in [2.45, 2.75) is 13.0 Å². The van der Waals surface area contributed by atoms with Crippen LogP contribution in [-0.4, -0.2) is 35.1 Å². The fraction of sp³-hybridized carbons (Fsp3) is 0.333. The first-order valence-electron chi connectivity index (χ1n) is 5.44. The van der Waals surface area contributed by atoms with Gasteiger partial charge in [-0.15, -0.1) is 0 Å². The maximum absolute atomic E-state index is 11.9. The number of pyridine rings is 1. The number of aromatic nitrogens is 2. The van der Waals surface area contributed by atoms with Crippen LogP contribution in [0.15, 0.2) is 30.6 Å². The van der Waals surface area contributed by atoms with E-state index in [2.05, 4.69) is 10.3 Å². The van der Waals surface area contributed by atoms with Crippen molar-refractivity contribution in [1.29, 1.82) is 0 Å². The Morgan fingerprint density at radius 3 is 3.12 bits per heavy atom. The third-order valence-electron chi connectivity index (χ3n) is 2.39. The number of rotatable bonds is 4. The van der Waals surface area contributed by atoms with Crippen LogP contribution in [0.5, 0.6) is 0 Å². The largest absolute Gasteiger partial charge is 0.383 e. The molecule has 0 aromatic carbocycles. The molecule has 90 valence electrons. The average molecular weight is 233 g/mol. The van der Waals surface area contributed by atoms with Crippen LogP contribution in [0, 0.1) is 0 Å². The van der Waals surface area contributed by atoms with Gasteiger partial charge in [-0.1, -0.05) is 6.07 Å². The Hall–Kier alpha value is -1.88. The molecule has 0 bridgehead atoms. The van der Waals surface area contributed by atoms with Crippen molar-refractivity contribution in [2.75, 3.05) is 13.7 Å². The van der Waals surface area contributed by atoms with Crippen LogP contribution in [0.25, 0.3) is 5.65 Å².